The number of benzene rings is 3. The summed E-state index contributed by atoms with van der Waals surface area (Å²) >= 11 is 0. The van der Waals surface area contributed by atoms with Crippen LogP contribution in [0.15, 0.2) is 67.3 Å². The van der Waals surface area contributed by atoms with Gasteiger partial charge >= 0.3 is 5.97 Å². The molecular weight excluding hydrogens is 937 g/mol. The van der Waals surface area contributed by atoms with Crippen molar-refractivity contribution in [2.75, 3.05) is 33.3 Å². The molecule has 0 unspecified atom stereocenters. The lowest BCUT2D eigenvalue weighted by molar-refractivity contribution is -0.155. The van der Waals surface area contributed by atoms with E-state index in [0.717, 1.165) is 39.8 Å². The molecule has 2 fully saturated rings. The van der Waals surface area contributed by atoms with E-state index in [2.05, 4.69) is 92.9 Å². The average Bonchev–Trinajstić information content (AvgIpc) is 3.87. The van der Waals surface area contributed by atoms with E-state index >= 15 is 0 Å². The first kappa shape index (κ1) is 57.8. The lowest BCUT2D eigenvalue weighted by atomic mass is 9.83. The number of aryl methyl sites for hydroxylation is 3. The van der Waals surface area contributed by atoms with Crippen LogP contribution >= 0.6 is 54.0 Å². The second kappa shape index (κ2) is 23.8. The lowest BCUT2D eigenvalue weighted by Gasteiger charge is -2.37. The summed E-state index contributed by atoms with van der Waals surface area (Å²) < 4.78 is 8.47. The number of amides is 4. The van der Waals surface area contributed by atoms with Crippen molar-refractivity contribution in [3.63, 3.8) is 0 Å². The normalized spacial score (nSPS) is 19.5. The summed E-state index contributed by atoms with van der Waals surface area (Å²) in [5, 5.41) is 16.8. The van der Waals surface area contributed by atoms with Gasteiger partial charge in [-0.2, -0.15) is 54.0 Å². The minimum Gasteiger partial charge on any atom is -0.508 e. The number of likely N-dealkylation sites (tertiary alicyclic amines) is 1. The van der Waals surface area contributed by atoms with Crippen molar-refractivity contribution in [2.45, 2.75) is 105 Å². The van der Waals surface area contributed by atoms with Crippen molar-refractivity contribution in [3.05, 3.63) is 89.5 Å². The van der Waals surface area contributed by atoms with E-state index < -0.39 is 47.2 Å². The number of phenolic OH excluding ortho intramolecular Hbond substituents is 1. The molecule has 0 radical (unpaired) electrons. The molecule has 7 rings (SSSR count). The molecule has 0 spiro atoms. The number of rotatable bonds is 8. The number of fused-ring (bicyclic) bond motifs is 6. The van der Waals surface area contributed by atoms with Gasteiger partial charge in [-0.3, -0.25) is 29.0 Å². The minimum atomic E-state index is -1.15. The first-order chi connectivity index (χ1) is 30.4. The van der Waals surface area contributed by atoms with E-state index in [1.165, 1.54) is 32.7 Å². The molecule has 372 valence electrons. The van der Waals surface area contributed by atoms with Crippen molar-refractivity contribution in [1.82, 2.24) is 30.1 Å². The van der Waals surface area contributed by atoms with Gasteiger partial charge in [-0.05, 0) is 116 Å². The molecule has 3 aromatic carbocycles. The fourth-order valence-corrected chi connectivity index (χ4v) is 10.1. The molecule has 17 heteroatoms. The number of hydrazine groups is 1. The Morgan fingerprint density at radius 3 is 2.32 bits per heavy atom. The zero-order valence-corrected chi connectivity index (χ0v) is 44.6. The van der Waals surface area contributed by atoms with Gasteiger partial charge in [0, 0.05) is 61.5 Å². The SMILES string of the molecule is C=CC(=O)N1CC[C@H](C(=O)N(C)[C@H](C(=O)N[C@H]2Cc3cc(O)cc(c3)-c3ccc4c(c3)c(c(-c3c(C)cccc3C)n4CC)CC(C)(C)COC(=O)[C@@H]3CCCN(N3)C2=O)C(C)C)C1.S.S.S.S. The third kappa shape index (κ3) is 12.1. The number of nitrogens with one attached hydrogen (secondary N) is 2. The van der Waals surface area contributed by atoms with Crippen molar-refractivity contribution in [3.8, 4) is 28.1 Å². The molecule has 3 aliphatic heterocycles. The zero-order chi connectivity index (χ0) is 46.2. The molecule has 68 heavy (non-hydrogen) atoms. The molecule has 3 N–H and O–H groups in total. The predicted octanol–water partition coefficient (Wildman–Crippen LogP) is 6.93. The molecule has 13 nitrogen and oxygen atoms in total. The number of nitrogens with zero attached hydrogens (tertiary/aromatic N) is 4. The Hall–Kier alpha value is -4.55. The summed E-state index contributed by atoms with van der Waals surface area (Å²) in [6.07, 6.45) is 3.29. The zero-order valence-electron chi connectivity index (χ0n) is 40.6. The van der Waals surface area contributed by atoms with Crippen LogP contribution in [0.4, 0.5) is 0 Å². The molecule has 4 atom stereocenters. The van der Waals surface area contributed by atoms with Crippen LogP contribution in [0, 0.1) is 31.1 Å². The van der Waals surface area contributed by atoms with E-state index in [-0.39, 0.29) is 104 Å². The molecule has 2 saturated heterocycles. The van der Waals surface area contributed by atoms with E-state index in [9.17, 15) is 29.1 Å². The Morgan fingerprint density at radius 1 is 0.985 bits per heavy atom. The number of hydrogen-bond acceptors (Lipinski definition) is 8. The van der Waals surface area contributed by atoms with Gasteiger partial charge in [-0.1, -0.05) is 64.6 Å². The van der Waals surface area contributed by atoms with Crippen LogP contribution in [0.5, 0.6) is 5.75 Å². The van der Waals surface area contributed by atoms with Gasteiger partial charge in [-0.25, -0.2) is 5.43 Å². The van der Waals surface area contributed by atoms with Gasteiger partial charge in [0.25, 0.3) is 5.91 Å². The number of esters is 1. The van der Waals surface area contributed by atoms with Gasteiger partial charge in [0.05, 0.1) is 18.2 Å². The highest BCUT2D eigenvalue weighted by Gasteiger charge is 2.40. The largest absolute Gasteiger partial charge is 0.508 e. The smallest absolute Gasteiger partial charge is 0.324 e. The van der Waals surface area contributed by atoms with E-state index in [1.807, 2.05) is 19.9 Å². The van der Waals surface area contributed by atoms with Gasteiger partial charge < -0.3 is 29.5 Å². The third-order valence-corrected chi connectivity index (χ3v) is 13.3. The average molecular weight is 1010 g/mol. The summed E-state index contributed by atoms with van der Waals surface area (Å²) in [6, 6.07) is 15.1. The van der Waals surface area contributed by atoms with Crippen LogP contribution in [-0.4, -0.2) is 105 Å². The summed E-state index contributed by atoms with van der Waals surface area (Å²) in [4.78, 5) is 72.3. The van der Waals surface area contributed by atoms with Gasteiger partial charge in [0.15, 0.2) is 0 Å². The van der Waals surface area contributed by atoms with Crippen molar-refractivity contribution in [1.29, 1.82) is 0 Å². The monoisotopic (exact) mass is 1010 g/mol. The number of phenols is 1. The Bertz CT molecular complexity index is 2490. The Kier molecular flexibility index (Phi) is 20.3. The maximum Gasteiger partial charge on any atom is 0.324 e. The summed E-state index contributed by atoms with van der Waals surface area (Å²) in [6.45, 7) is 19.7. The Morgan fingerprint density at radius 2 is 1.68 bits per heavy atom. The fourth-order valence-electron chi connectivity index (χ4n) is 10.1. The molecule has 1 aromatic heterocycles. The maximum absolute atomic E-state index is 14.7. The number of cyclic esters (lactones) is 1. The van der Waals surface area contributed by atoms with Crippen LogP contribution in [-0.2, 0) is 48.1 Å². The number of likely N-dealkylation sites (N-methyl/N-ethyl adjacent to an activating group) is 1. The van der Waals surface area contributed by atoms with Crippen molar-refractivity contribution < 1.29 is 33.8 Å². The molecular formula is C51H72N6O7S4. The molecule has 0 aliphatic carbocycles. The fraction of sp³-hybridized carbons (Fsp3) is 0.471. The number of carbonyl (C=O) groups excluding carboxylic acids is 5. The highest BCUT2D eigenvalue weighted by molar-refractivity contribution is 7.59. The molecule has 3 aliphatic rings. The summed E-state index contributed by atoms with van der Waals surface area (Å²) in [7, 11) is 1.59. The number of aromatic hydroxyl groups is 1. The standard InChI is InChI=1S/C51H64N6O7.4H2S/c1-10-43(59)55-21-19-35(28-55)48(61)54(9)45(30(3)4)47(60)52-41-24-33-22-36(25-37(58)23-33)34-17-18-42-38(26-34)39(46(56(42)11-2)44-31(5)14-12-15-32(44)6)27-51(7,8)29-64-50(63)40-16-13-20-57(53-40)49(41)62;;;;/h10,12,14-15,17-18,22-23,25-26,30,35,40-41,45,53,58H,1,11,13,16,19-21,24,27-29H2,2-9H3,(H,52,60);4*1H2/t35-,40-,41-,45-;;;;/m0..../s1. The van der Waals surface area contributed by atoms with Crippen LogP contribution in [0.25, 0.3) is 33.3 Å². The number of carbonyl (C=O) groups is 5. The second-order valence-electron chi connectivity index (χ2n) is 19.1. The second-order valence-corrected chi connectivity index (χ2v) is 19.1. The summed E-state index contributed by atoms with van der Waals surface area (Å²) in [5.41, 5.74) is 11.7. The summed E-state index contributed by atoms with van der Waals surface area (Å²) in [5.74, 6) is -2.76. The van der Waals surface area contributed by atoms with Crippen LogP contribution in [0.2, 0.25) is 0 Å². The Labute approximate surface area is 429 Å². The van der Waals surface area contributed by atoms with E-state index in [0.29, 0.717) is 37.8 Å². The highest BCUT2D eigenvalue weighted by Crippen LogP contribution is 2.42. The van der Waals surface area contributed by atoms with Crippen molar-refractivity contribution >= 4 is 94.5 Å². The van der Waals surface area contributed by atoms with E-state index in [4.69, 9.17) is 4.74 Å². The van der Waals surface area contributed by atoms with E-state index in [1.54, 1.807) is 24.1 Å². The molecule has 4 amide bonds. The number of ether oxygens (including phenoxy) is 1. The molecule has 6 bridgehead atoms. The topological polar surface area (TPSA) is 154 Å². The van der Waals surface area contributed by atoms with Crippen LogP contribution in [0.1, 0.15) is 76.1 Å². The Balaban J connectivity index is 0.00000306. The van der Waals surface area contributed by atoms with Crippen LogP contribution < -0.4 is 10.7 Å². The maximum atomic E-state index is 14.7. The van der Waals surface area contributed by atoms with Crippen molar-refractivity contribution in [2.24, 2.45) is 17.3 Å². The third-order valence-electron chi connectivity index (χ3n) is 13.3. The highest BCUT2D eigenvalue weighted by atomic mass is 32.1. The van der Waals surface area contributed by atoms with Crippen LogP contribution in [0.3, 0.4) is 0 Å². The predicted molar refractivity (Wildman–Crippen MR) is 289 cm³/mol. The first-order valence-electron chi connectivity index (χ1n) is 22.7. The van der Waals surface area contributed by atoms with Gasteiger partial charge in [-0.15, -0.1) is 0 Å². The number of aromatic nitrogens is 1. The van der Waals surface area contributed by atoms with Gasteiger partial charge in [0.1, 0.15) is 23.9 Å². The molecule has 4 heterocycles. The first-order valence-corrected chi connectivity index (χ1v) is 22.7. The van der Waals surface area contributed by atoms with Gasteiger partial charge in [0.2, 0.25) is 17.7 Å². The number of hydrogen-bond donors (Lipinski definition) is 3. The molecule has 0 saturated carbocycles. The lowest BCUT2D eigenvalue weighted by Crippen LogP contribution is -2.62. The molecule has 4 aromatic rings. The quantitative estimate of drug-likeness (QED) is 0.127. The minimum absolute atomic E-state index is 0.